The van der Waals surface area contributed by atoms with Gasteiger partial charge < -0.3 is 15.1 Å². The number of amides is 2. The van der Waals surface area contributed by atoms with Gasteiger partial charge in [-0.3, -0.25) is 9.59 Å². The lowest BCUT2D eigenvalue weighted by atomic mass is 9.94. The molecule has 3 unspecified atom stereocenters. The summed E-state index contributed by atoms with van der Waals surface area (Å²) in [5.74, 6) is 0.297. The van der Waals surface area contributed by atoms with Crippen LogP contribution in [0, 0.1) is 5.92 Å². The molecule has 0 aromatic heterocycles. The molecule has 0 aromatic carbocycles. The molecule has 0 radical (unpaired) electrons. The lowest BCUT2D eigenvalue weighted by molar-refractivity contribution is -0.149. The first-order valence-corrected chi connectivity index (χ1v) is 7.89. The Morgan fingerprint density at radius 2 is 2.10 bits per heavy atom. The molecule has 20 heavy (non-hydrogen) atoms. The largest absolute Gasteiger partial charge is 0.342 e. The predicted molar refractivity (Wildman–Crippen MR) is 78.2 cm³/mol. The normalized spacial score (nSPS) is 30.2. The Morgan fingerprint density at radius 1 is 1.35 bits per heavy atom. The lowest BCUT2D eigenvalue weighted by Crippen LogP contribution is -2.64. The SMILES string of the molecule is CCC(C)C1NC(=O)CN(C2CCCN(CC)C2)C1=O. The first kappa shape index (κ1) is 15.3. The van der Waals surface area contributed by atoms with Gasteiger partial charge in [0.15, 0.2) is 0 Å². The lowest BCUT2D eigenvalue weighted by Gasteiger charge is -2.43. The van der Waals surface area contributed by atoms with Gasteiger partial charge in [0.2, 0.25) is 11.8 Å². The maximum absolute atomic E-state index is 12.7. The molecule has 0 aliphatic carbocycles. The average Bonchev–Trinajstić information content (AvgIpc) is 2.48. The molecule has 114 valence electrons. The van der Waals surface area contributed by atoms with Crippen molar-refractivity contribution in [3.05, 3.63) is 0 Å². The second-order valence-corrected chi connectivity index (χ2v) is 6.09. The van der Waals surface area contributed by atoms with Crippen molar-refractivity contribution < 1.29 is 9.59 Å². The minimum atomic E-state index is -0.335. The highest BCUT2D eigenvalue weighted by Gasteiger charge is 2.39. The number of rotatable bonds is 4. The molecule has 2 rings (SSSR count). The van der Waals surface area contributed by atoms with E-state index in [1.54, 1.807) is 0 Å². The van der Waals surface area contributed by atoms with Gasteiger partial charge in [-0.2, -0.15) is 0 Å². The van der Waals surface area contributed by atoms with Crippen LogP contribution in [0.4, 0.5) is 0 Å². The minimum absolute atomic E-state index is 0.0106. The van der Waals surface area contributed by atoms with Crippen LogP contribution in [-0.4, -0.2) is 59.9 Å². The van der Waals surface area contributed by atoms with Crippen LogP contribution in [0.15, 0.2) is 0 Å². The fraction of sp³-hybridized carbons (Fsp3) is 0.867. The van der Waals surface area contributed by atoms with Gasteiger partial charge in [-0.1, -0.05) is 27.2 Å². The van der Waals surface area contributed by atoms with E-state index in [2.05, 4.69) is 24.1 Å². The van der Waals surface area contributed by atoms with Crippen LogP contribution in [-0.2, 0) is 9.59 Å². The summed E-state index contributed by atoms with van der Waals surface area (Å²) < 4.78 is 0. The summed E-state index contributed by atoms with van der Waals surface area (Å²) in [7, 11) is 0. The molecule has 5 nitrogen and oxygen atoms in total. The van der Waals surface area contributed by atoms with E-state index in [-0.39, 0.29) is 36.4 Å². The molecule has 0 bridgehead atoms. The molecule has 0 spiro atoms. The summed E-state index contributed by atoms with van der Waals surface area (Å²) >= 11 is 0. The number of carbonyl (C=O) groups is 2. The number of likely N-dealkylation sites (tertiary alicyclic amines) is 1. The van der Waals surface area contributed by atoms with Gasteiger partial charge in [0.1, 0.15) is 6.04 Å². The van der Waals surface area contributed by atoms with Crippen molar-refractivity contribution in [2.24, 2.45) is 5.92 Å². The first-order chi connectivity index (χ1) is 9.56. The number of hydrogen-bond donors (Lipinski definition) is 1. The van der Waals surface area contributed by atoms with Gasteiger partial charge in [0.05, 0.1) is 6.54 Å². The molecular formula is C15H27N3O2. The monoisotopic (exact) mass is 281 g/mol. The van der Waals surface area contributed by atoms with Crippen molar-refractivity contribution in [1.29, 1.82) is 0 Å². The van der Waals surface area contributed by atoms with Crippen LogP contribution in [0.25, 0.3) is 0 Å². The Hall–Kier alpha value is -1.10. The van der Waals surface area contributed by atoms with E-state index in [9.17, 15) is 9.59 Å². The molecule has 0 saturated carbocycles. The quantitative estimate of drug-likeness (QED) is 0.831. The summed E-state index contributed by atoms with van der Waals surface area (Å²) in [5, 5.41) is 2.87. The van der Waals surface area contributed by atoms with Crippen molar-refractivity contribution in [1.82, 2.24) is 15.1 Å². The summed E-state index contributed by atoms with van der Waals surface area (Å²) in [6, 6.07) is -0.132. The molecule has 2 saturated heterocycles. The smallest absolute Gasteiger partial charge is 0.246 e. The van der Waals surface area contributed by atoms with Crippen molar-refractivity contribution in [2.75, 3.05) is 26.2 Å². The Balaban J connectivity index is 2.09. The number of carbonyl (C=O) groups excluding carboxylic acids is 2. The Bertz CT molecular complexity index is 372. The number of nitrogens with one attached hydrogen (secondary N) is 1. The molecule has 2 heterocycles. The zero-order chi connectivity index (χ0) is 14.7. The number of likely N-dealkylation sites (N-methyl/N-ethyl adjacent to an activating group) is 1. The minimum Gasteiger partial charge on any atom is -0.342 e. The third-order valence-corrected chi connectivity index (χ3v) is 4.76. The van der Waals surface area contributed by atoms with Crippen LogP contribution in [0.5, 0.6) is 0 Å². The predicted octanol–water partition coefficient (Wildman–Crippen LogP) is 0.844. The molecule has 2 fully saturated rings. The van der Waals surface area contributed by atoms with Gasteiger partial charge in [0, 0.05) is 12.6 Å². The zero-order valence-corrected chi connectivity index (χ0v) is 12.9. The maximum Gasteiger partial charge on any atom is 0.246 e. The van der Waals surface area contributed by atoms with E-state index in [0.29, 0.717) is 0 Å². The van der Waals surface area contributed by atoms with E-state index in [1.807, 2.05) is 11.8 Å². The maximum atomic E-state index is 12.7. The van der Waals surface area contributed by atoms with Crippen LogP contribution >= 0.6 is 0 Å². The second kappa shape index (κ2) is 6.57. The fourth-order valence-electron chi connectivity index (χ4n) is 3.20. The van der Waals surface area contributed by atoms with E-state index >= 15 is 0 Å². The van der Waals surface area contributed by atoms with E-state index in [1.165, 1.54) is 0 Å². The number of nitrogens with zero attached hydrogens (tertiary/aromatic N) is 2. The standard InChI is InChI=1S/C15H27N3O2/c1-4-11(3)14-15(20)18(10-13(19)16-14)12-7-6-8-17(5-2)9-12/h11-12,14H,4-10H2,1-3H3,(H,16,19). The van der Waals surface area contributed by atoms with Gasteiger partial charge in [-0.15, -0.1) is 0 Å². The topological polar surface area (TPSA) is 52.7 Å². The van der Waals surface area contributed by atoms with Gasteiger partial charge >= 0.3 is 0 Å². The van der Waals surface area contributed by atoms with Crippen LogP contribution in [0.2, 0.25) is 0 Å². The van der Waals surface area contributed by atoms with Gasteiger partial charge in [-0.25, -0.2) is 0 Å². The summed E-state index contributed by atoms with van der Waals surface area (Å²) in [6.45, 7) is 9.50. The summed E-state index contributed by atoms with van der Waals surface area (Å²) in [6.07, 6.45) is 3.02. The molecule has 2 aliphatic heterocycles. The Kier molecular flexibility index (Phi) is 5.02. The number of piperazine rings is 1. The van der Waals surface area contributed by atoms with E-state index in [4.69, 9.17) is 0 Å². The zero-order valence-electron chi connectivity index (χ0n) is 12.9. The van der Waals surface area contributed by atoms with Crippen LogP contribution < -0.4 is 5.32 Å². The van der Waals surface area contributed by atoms with Crippen molar-refractivity contribution in [2.45, 2.75) is 52.1 Å². The number of hydrogen-bond acceptors (Lipinski definition) is 3. The highest BCUT2D eigenvalue weighted by Crippen LogP contribution is 2.21. The average molecular weight is 281 g/mol. The molecule has 3 atom stereocenters. The molecule has 0 aromatic rings. The highest BCUT2D eigenvalue weighted by atomic mass is 16.2. The van der Waals surface area contributed by atoms with Gasteiger partial charge in [-0.05, 0) is 31.8 Å². The molecule has 2 aliphatic rings. The molecule has 5 heteroatoms. The molecule has 1 N–H and O–H groups in total. The third kappa shape index (κ3) is 3.14. The fourth-order valence-corrected chi connectivity index (χ4v) is 3.20. The van der Waals surface area contributed by atoms with Crippen LogP contribution in [0.3, 0.4) is 0 Å². The Labute approximate surface area is 121 Å². The third-order valence-electron chi connectivity index (χ3n) is 4.76. The van der Waals surface area contributed by atoms with Crippen molar-refractivity contribution in [3.63, 3.8) is 0 Å². The van der Waals surface area contributed by atoms with E-state index in [0.717, 1.165) is 38.9 Å². The van der Waals surface area contributed by atoms with Crippen molar-refractivity contribution in [3.8, 4) is 0 Å². The summed E-state index contributed by atoms with van der Waals surface area (Å²) in [5.41, 5.74) is 0. The molecular weight excluding hydrogens is 254 g/mol. The van der Waals surface area contributed by atoms with Gasteiger partial charge in [0.25, 0.3) is 0 Å². The second-order valence-electron chi connectivity index (χ2n) is 6.09. The van der Waals surface area contributed by atoms with E-state index < -0.39 is 0 Å². The molecule has 2 amide bonds. The first-order valence-electron chi connectivity index (χ1n) is 7.89. The highest BCUT2D eigenvalue weighted by molar-refractivity contribution is 5.95. The Morgan fingerprint density at radius 3 is 2.75 bits per heavy atom. The summed E-state index contributed by atoms with van der Waals surface area (Å²) in [4.78, 5) is 28.8. The number of piperidine rings is 1. The van der Waals surface area contributed by atoms with Crippen LogP contribution in [0.1, 0.15) is 40.0 Å². The van der Waals surface area contributed by atoms with Crippen molar-refractivity contribution >= 4 is 11.8 Å².